The summed E-state index contributed by atoms with van der Waals surface area (Å²) in [5, 5.41) is 3.64. The quantitative estimate of drug-likeness (QED) is 0.905. The van der Waals surface area contributed by atoms with Crippen LogP contribution in [0.15, 0.2) is 22.8 Å². The predicted molar refractivity (Wildman–Crippen MR) is 82.5 cm³/mol. The summed E-state index contributed by atoms with van der Waals surface area (Å²) in [6, 6.07) is 3.60. The van der Waals surface area contributed by atoms with Crippen molar-refractivity contribution in [2.24, 2.45) is 0 Å². The first-order valence-electron chi connectivity index (χ1n) is 7.06. The molecule has 2 aromatic rings. The van der Waals surface area contributed by atoms with Crippen molar-refractivity contribution < 1.29 is 9.21 Å². The number of anilines is 2. The smallest absolute Gasteiger partial charge is 0.265 e. The van der Waals surface area contributed by atoms with E-state index in [4.69, 9.17) is 10.2 Å². The van der Waals surface area contributed by atoms with Crippen molar-refractivity contribution in [2.45, 2.75) is 25.8 Å². The van der Waals surface area contributed by atoms with Gasteiger partial charge in [-0.05, 0) is 31.4 Å². The van der Waals surface area contributed by atoms with Crippen LogP contribution in [0.5, 0.6) is 0 Å². The van der Waals surface area contributed by atoms with Gasteiger partial charge in [-0.25, -0.2) is 4.98 Å². The summed E-state index contributed by atoms with van der Waals surface area (Å²) < 4.78 is 5.18. The van der Waals surface area contributed by atoms with E-state index in [9.17, 15) is 4.79 Å². The number of aromatic nitrogens is 1. The molecule has 3 N–H and O–H groups in total. The lowest BCUT2D eigenvalue weighted by molar-refractivity contribution is 0.0953. The summed E-state index contributed by atoms with van der Waals surface area (Å²) in [5.74, 6) is 0.810. The van der Waals surface area contributed by atoms with Gasteiger partial charge in [0.2, 0.25) is 0 Å². The van der Waals surface area contributed by atoms with Gasteiger partial charge in [-0.2, -0.15) is 0 Å². The van der Waals surface area contributed by atoms with Crippen molar-refractivity contribution in [2.75, 3.05) is 23.7 Å². The van der Waals surface area contributed by atoms with E-state index < -0.39 is 0 Å². The van der Waals surface area contributed by atoms with Gasteiger partial charge in [-0.3, -0.25) is 4.79 Å². The number of carbonyl (C=O) groups excluding carboxylic acids is 1. The number of nitrogens with one attached hydrogen (secondary N) is 1. The van der Waals surface area contributed by atoms with Gasteiger partial charge in [0, 0.05) is 13.1 Å². The number of hydrogen-bond acceptors (Lipinski definition) is 6. The Kier molecular flexibility index (Phi) is 4.10. The second-order valence-electron chi connectivity index (χ2n) is 5.02. The van der Waals surface area contributed by atoms with Crippen LogP contribution >= 0.6 is 11.3 Å². The molecule has 0 unspecified atom stereocenters. The largest absolute Gasteiger partial charge is 0.467 e. The zero-order chi connectivity index (χ0) is 14.7. The Morgan fingerprint density at radius 3 is 2.95 bits per heavy atom. The van der Waals surface area contributed by atoms with Crippen molar-refractivity contribution in [1.82, 2.24) is 10.3 Å². The molecule has 1 aliphatic heterocycles. The van der Waals surface area contributed by atoms with Crippen LogP contribution in [0, 0.1) is 0 Å². The van der Waals surface area contributed by atoms with Gasteiger partial charge < -0.3 is 20.4 Å². The lowest BCUT2D eigenvalue weighted by Crippen LogP contribution is -2.29. The van der Waals surface area contributed by atoms with E-state index in [1.807, 2.05) is 6.07 Å². The Bertz CT molecular complexity index is 603. The Morgan fingerprint density at radius 1 is 1.43 bits per heavy atom. The third-order valence-electron chi connectivity index (χ3n) is 3.48. The van der Waals surface area contributed by atoms with E-state index in [0.29, 0.717) is 23.0 Å². The standard InChI is InChI=1S/C14H18N4O2S/c15-12-11(13(19)16-9-10-5-4-8-20-10)21-14(17-12)18-6-2-1-3-7-18/h4-5,8H,1-3,6-7,9,15H2,(H,16,19). The zero-order valence-corrected chi connectivity index (χ0v) is 12.5. The van der Waals surface area contributed by atoms with Crippen molar-refractivity contribution in [3.63, 3.8) is 0 Å². The number of carbonyl (C=O) groups is 1. The Morgan fingerprint density at radius 2 is 2.24 bits per heavy atom. The molecule has 112 valence electrons. The lowest BCUT2D eigenvalue weighted by atomic mass is 10.1. The van der Waals surface area contributed by atoms with Crippen molar-refractivity contribution in [3.8, 4) is 0 Å². The molecule has 0 atom stereocenters. The van der Waals surface area contributed by atoms with E-state index in [0.717, 1.165) is 18.2 Å². The fourth-order valence-electron chi connectivity index (χ4n) is 2.36. The Labute approximate surface area is 127 Å². The maximum absolute atomic E-state index is 12.2. The molecule has 7 heteroatoms. The molecule has 0 bridgehead atoms. The van der Waals surface area contributed by atoms with Crippen LogP contribution in [0.3, 0.4) is 0 Å². The molecule has 1 fully saturated rings. The number of thiazole rings is 1. The minimum atomic E-state index is -0.204. The highest BCUT2D eigenvalue weighted by Gasteiger charge is 2.20. The van der Waals surface area contributed by atoms with E-state index >= 15 is 0 Å². The lowest BCUT2D eigenvalue weighted by Gasteiger charge is -2.25. The summed E-state index contributed by atoms with van der Waals surface area (Å²) in [5.41, 5.74) is 5.89. The summed E-state index contributed by atoms with van der Waals surface area (Å²) in [6.45, 7) is 2.32. The zero-order valence-electron chi connectivity index (χ0n) is 11.7. The fraction of sp³-hybridized carbons (Fsp3) is 0.429. The minimum Gasteiger partial charge on any atom is -0.467 e. The van der Waals surface area contributed by atoms with E-state index in [1.54, 1.807) is 12.3 Å². The number of rotatable bonds is 4. The normalized spacial score (nSPS) is 15.1. The number of nitrogens with two attached hydrogens (primary N) is 1. The van der Waals surface area contributed by atoms with Crippen molar-refractivity contribution in [1.29, 1.82) is 0 Å². The molecule has 0 aromatic carbocycles. The average molecular weight is 306 g/mol. The molecule has 0 radical (unpaired) electrons. The van der Waals surface area contributed by atoms with Crippen molar-refractivity contribution >= 4 is 28.2 Å². The molecule has 6 nitrogen and oxygen atoms in total. The van der Waals surface area contributed by atoms with Gasteiger partial charge in [-0.1, -0.05) is 11.3 Å². The highest BCUT2D eigenvalue weighted by molar-refractivity contribution is 7.18. The van der Waals surface area contributed by atoms with Gasteiger partial charge in [0.05, 0.1) is 12.8 Å². The van der Waals surface area contributed by atoms with E-state index in [-0.39, 0.29) is 5.91 Å². The average Bonchev–Trinajstić information content (AvgIpc) is 3.15. The highest BCUT2D eigenvalue weighted by Crippen LogP contribution is 2.29. The Balaban J connectivity index is 1.66. The summed E-state index contributed by atoms with van der Waals surface area (Å²) in [6.07, 6.45) is 5.17. The molecule has 2 aromatic heterocycles. The molecule has 0 saturated carbocycles. The summed E-state index contributed by atoms with van der Waals surface area (Å²) >= 11 is 1.36. The van der Waals surface area contributed by atoms with E-state index in [2.05, 4.69) is 15.2 Å². The first kappa shape index (κ1) is 13.9. The molecule has 3 heterocycles. The maximum Gasteiger partial charge on any atom is 0.265 e. The van der Waals surface area contributed by atoms with Gasteiger partial charge in [0.25, 0.3) is 5.91 Å². The molecule has 1 amide bonds. The molecule has 21 heavy (non-hydrogen) atoms. The van der Waals surface area contributed by atoms with Crippen LogP contribution in [-0.2, 0) is 6.54 Å². The van der Waals surface area contributed by atoms with Crippen LogP contribution in [-0.4, -0.2) is 24.0 Å². The topological polar surface area (TPSA) is 84.4 Å². The number of amides is 1. The monoisotopic (exact) mass is 306 g/mol. The third kappa shape index (κ3) is 3.18. The first-order valence-corrected chi connectivity index (χ1v) is 7.87. The van der Waals surface area contributed by atoms with Crippen molar-refractivity contribution in [3.05, 3.63) is 29.0 Å². The van der Waals surface area contributed by atoms with Crippen LogP contribution in [0.4, 0.5) is 10.9 Å². The maximum atomic E-state index is 12.2. The molecule has 1 saturated heterocycles. The second-order valence-corrected chi connectivity index (χ2v) is 6.00. The molecule has 0 spiro atoms. The van der Waals surface area contributed by atoms with Gasteiger partial charge in [0.1, 0.15) is 16.5 Å². The Hall–Kier alpha value is -2.02. The number of nitrogens with zero attached hydrogens (tertiary/aromatic N) is 2. The molecular formula is C14H18N4O2S. The van der Waals surface area contributed by atoms with Crippen LogP contribution in [0.1, 0.15) is 34.7 Å². The molecular weight excluding hydrogens is 288 g/mol. The predicted octanol–water partition coefficient (Wildman–Crippen LogP) is 2.24. The highest BCUT2D eigenvalue weighted by atomic mass is 32.1. The van der Waals surface area contributed by atoms with Gasteiger partial charge in [-0.15, -0.1) is 0 Å². The van der Waals surface area contributed by atoms with Gasteiger partial charge >= 0.3 is 0 Å². The van der Waals surface area contributed by atoms with Crippen LogP contribution in [0.2, 0.25) is 0 Å². The third-order valence-corrected chi connectivity index (χ3v) is 4.61. The molecule has 0 aliphatic carbocycles. The number of hydrogen-bond donors (Lipinski definition) is 2. The van der Waals surface area contributed by atoms with Gasteiger partial charge in [0.15, 0.2) is 5.13 Å². The number of nitrogen functional groups attached to an aromatic ring is 1. The minimum absolute atomic E-state index is 0.204. The molecule has 3 rings (SSSR count). The summed E-state index contributed by atoms with van der Waals surface area (Å²) in [4.78, 5) is 19.2. The second kappa shape index (κ2) is 6.17. The number of furan rings is 1. The SMILES string of the molecule is Nc1nc(N2CCCCC2)sc1C(=O)NCc1ccco1. The fourth-order valence-corrected chi connectivity index (χ4v) is 3.32. The van der Waals surface area contributed by atoms with Crippen LogP contribution in [0.25, 0.3) is 0 Å². The summed E-state index contributed by atoms with van der Waals surface area (Å²) in [7, 11) is 0. The van der Waals surface area contributed by atoms with E-state index in [1.165, 1.54) is 30.6 Å². The van der Waals surface area contributed by atoms with Crippen LogP contribution < -0.4 is 16.0 Å². The number of piperidine rings is 1. The first-order chi connectivity index (χ1) is 10.2. The molecule has 1 aliphatic rings.